The van der Waals surface area contributed by atoms with Gasteiger partial charge in [0, 0.05) is 6.54 Å². The third kappa shape index (κ3) is 6.02. The summed E-state index contributed by atoms with van der Waals surface area (Å²) in [6.07, 6.45) is 4.45. The van der Waals surface area contributed by atoms with E-state index >= 15 is 0 Å². The minimum atomic E-state index is -0.767. The zero-order valence-electron chi connectivity index (χ0n) is 6.78. The van der Waals surface area contributed by atoms with Gasteiger partial charge >= 0.3 is 0 Å². The maximum absolute atomic E-state index is 12.4. The first-order valence-electron chi connectivity index (χ1n) is 4.15. The normalized spacial score (nSPS) is 13.5. The van der Waals surface area contributed by atoms with Crippen LogP contribution in [0.5, 0.6) is 0 Å². The number of hydrogen-bond acceptors (Lipinski definition) is 1. The van der Waals surface area contributed by atoms with Crippen molar-refractivity contribution in [3.8, 4) is 0 Å². The van der Waals surface area contributed by atoms with E-state index in [-0.39, 0.29) is 6.54 Å². The van der Waals surface area contributed by atoms with Gasteiger partial charge in [-0.25, -0.2) is 4.39 Å². The first kappa shape index (κ1) is 9.89. The lowest BCUT2D eigenvalue weighted by molar-refractivity contribution is 0.312. The van der Waals surface area contributed by atoms with Gasteiger partial charge in [0.25, 0.3) is 0 Å². The van der Waals surface area contributed by atoms with Crippen LogP contribution in [0.4, 0.5) is 4.39 Å². The van der Waals surface area contributed by atoms with Crippen LogP contribution < -0.4 is 5.73 Å². The average Bonchev–Trinajstić information content (AvgIpc) is 1.98. The molecular weight excluding hydrogens is 129 g/mol. The van der Waals surface area contributed by atoms with Crippen LogP contribution in [0.15, 0.2) is 0 Å². The van der Waals surface area contributed by atoms with E-state index in [1.54, 1.807) is 0 Å². The Morgan fingerprint density at radius 3 is 2.50 bits per heavy atom. The molecule has 62 valence electrons. The van der Waals surface area contributed by atoms with Crippen LogP contribution in [0.3, 0.4) is 0 Å². The summed E-state index contributed by atoms with van der Waals surface area (Å²) in [6.45, 7) is 2.34. The Morgan fingerprint density at radius 2 is 2.00 bits per heavy atom. The molecule has 0 spiro atoms. The maximum Gasteiger partial charge on any atom is 0.112 e. The summed E-state index contributed by atoms with van der Waals surface area (Å²) in [6, 6.07) is 0. The van der Waals surface area contributed by atoms with Crippen molar-refractivity contribution >= 4 is 0 Å². The van der Waals surface area contributed by atoms with E-state index in [9.17, 15) is 4.39 Å². The Bertz CT molecular complexity index is 66.3. The summed E-state index contributed by atoms with van der Waals surface area (Å²) in [4.78, 5) is 0. The van der Waals surface area contributed by atoms with E-state index in [4.69, 9.17) is 5.73 Å². The topological polar surface area (TPSA) is 26.0 Å². The Labute approximate surface area is 62.8 Å². The second kappa shape index (κ2) is 7.00. The van der Waals surface area contributed by atoms with Gasteiger partial charge in [0.15, 0.2) is 0 Å². The summed E-state index contributed by atoms with van der Waals surface area (Å²) >= 11 is 0. The summed E-state index contributed by atoms with van der Waals surface area (Å²) in [5.74, 6) is 0. The van der Waals surface area contributed by atoms with Gasteiger partial charge in [-0.15, -0.1) is 0 Å². The molecule has 0 aliphatic rings. The van der Waals surface area contributed by atoms with E-state index in [0.29, 0.717) is 6.42 Å². The predicted molar refractivity (Wildman–Crippen MR) is 42.7 cm³/mol. The van der Waals surface area contributed by atoms with Gasteiger partial charge in [-0.3, -0.25) is 0 Å². The van der Waals surface area contributed by atoms with Crippen LogP contribution in [0.25, 0.3) is 0 Å². The second-order valence-corrected chi connectivity index (χ2v) is 2.68. The minimum absolute atomic E-state index is 0.187. The lowest BCUT2D eigenvalue weighted by Crippen LogP contribution is -2.14. The minimum Gasteiger partial charge on any atom is -0.328 e. The van der Waals surface area contributed by atoms with Crippen molar-refractivity contribution in [2.75, 3.05) is 6.54 Å². The highest BCUT2D eigenvalue weighted by Gasteiger charge is 2.00. The molecule has 0 amide bonds. The van der Waals surface area contributed by atoms with E-state index in [1.165, 1.54) is 12.8 Å². The van der Waals surface area contributed by atoms with Crippen LogP contribution in [0, 0.1) is 0 Å². The molecule has 0 heterocycles. The fourth-order valence-corrected chi connectivity index (χ4v) is 0.910. The van der Waals surface area contributed by atoms with Gasteiger partial charge in [0.2, 0.25) is 0 Å². The van der Waals surface area contributed by atoms with Gasteiger partial charge in [-0.05, 0) is 6.42 Å². The highest BCUT2D eigenvalue weighted by Crippen LogP contribution is 2.06. The molecule has 0 fully saturated rings. The summed E-state index contributed by atoms with van der Waals surface area (Å²) in [5.41, 5.74) is 5.11. The van der Waals surface area contributed by atoms with Crippen molar-refractivity contribution in [2.45, 2.75) is 45.2 Å². The van der Waals surface area contributed by atoms with E-state index in [1.807, 2.05) is 0 Å². The molecular formula is C8H18FN. The average molecular weight is 147 g/mol. The smallest absolute Gasteiger partial charge is 0.112 e. The molecule has 0 saturated carbocycles. The zero-order chi connectivity index (χ0) is 7.82. The molecule has 2 N–H and O–H groups in total. The van der Waals surface area contributed by atoms with Gasteiger partial charge in [0.1, 0.15) is 6.17 Å². The molecule has 1 atom stereocenters. The van der Waals surface area contributed by atoms with Crippen molar-refractivity contribution in [3.63, 3.8) is 0 Å². The van der Waals surface area contributed by atoms with Crippen molar-refractivity contribution in [1.29, 1.82) is 0 Å². The van der Waals surface area contributed by atoms with Gasteiger partial charge in [0.05, 0.1) is 0 Å². The SMILES string of the molecule is CCCCCCC(F)CN. The molecule has 0 aromatic rings. The number of hydrogen-bond donors (Lipinski definition) is 1. The molecule has 0 aromatic heterocycles. The molecule has 0 aliphatic carbocycles. The first-order chi connectivity index (χ1) is 4.81. The number of alkyl halides is 1. The van der Waals surface area contributed by atoms with Gasteiger partial charge < -0.3 is 5.73 Å². The Balaban J connectivity index is 2.89. The number of halogens is 1. The molecule has 1 unspecified atom stereocenters. The van der Waals surface area contributed by atoms with Crippen molar-refractivity contribution in [1.82, 2.24) is 0 Å². The second-order valence-electron chi connectivity index (χ2n) is 2.68. The molecule has 0 aromatic carbocycles. The fraction of sp³-hybridized carbons (Fsp3) is 1.00. The number of nitrogens with two attached hydrogens (primary N) is 1. The highest BCUT2D eigenvalue weighted by atomic mass is 19.1. The molecule has 0 bridgehead atoms. The van der Waals surface area contributed by atoms with Gasteiger partial charge in [-0.1, -0.05) is 32.6 Å². The Morgan fingerprint density at radius 1 is 1.30 bits per heavy atom. The number of rotatable bonds is 6. The van der Waals surface area contributed by atoms with Crippen LogP contribution in [-0.4, -0.2) is 12.7 Å². The fourth-order valence-electron chi connectivity index (χ4n) is 0.910. The molecule has 2 heteroatoms. The monoisotopic (exact) mass is 147 g/mol. The van der Waals surface area contributed by atoms with Crippen LogP contribution >= 0.6 is 0 Å². The largest absolute Gasteiger partial charge is 0.328 e. The standard InChI is InChI=1S/C8H18FN/c1-2-3-4-5-6-8(9)7-10/h8H,2-7,10H2,1H3. The van der Waals surface area contributed by atoms with Crippen LogP contribution in [0.1, 0.15) is 39.0 Å². The van der Waals surface area contributed by atoms with Crippen molar-refractivity contribution in [3.05, 3.63) is 0 Å². The summed E-state index contributed by atoms with van der Waals surface area (Å²) in [5, 5.41) is 0. The molecule has 0 rings (SSSR count). The first-order valence-corrected chi connectivity index (χ1v) is 4.15. The Hall–Kier alpha value is -0.110. The Kier molecular flexibility index (Phi) is 6.93. The van der Waals surface area contributed by atoms with Crippen LogP contribution in [0.2, 0.25) is 0 Å². The maximum atomic E-state index is 12.4. The van der Waals surface area contributed by atoms with E-state index in [0.717, 1.165) is 12.8 Å². The highest BCUT2D eigenvalue weighted by molar-refractivity contribution is 4.55. The van der Waals surface area contributed by atoms with Gasteiger partial charge in [-0.2, -0.15) is 0 Å². The number of unbranched alkanes of at least 4 members (excludes halogenated alkanes) is 3. The third-order valence-electron chi connectivity index (χ3n) is 1.63. The van der Waals surface area contributed by atoms with Crippen molar-refractivity contribution in [2.24, 2.45) is 5.73 Å². The zero-order valence-corrected chi connectivity index (χ0v) is 6.78. The molecule has 0 saturated heterocycles. The summed E-state index contributed by atoms with van der Waals surface area (Å²) < 4.78 is 12.4. The molecule has 10 heavy (non-hydrogen) atoms. The molecule has 0 radical (unpaired) electrons. The predicted octanol–water partition coefficient (Wildman–Crippen LogP) is 2.25. The summed E-state index contributed by atoms with van der Waals surface area (Å²) in [7, 11) is 0. The third-order valence-corrected chi connectivity index (χ3v) is 1.63. The quantitative estimate of drug-likeness (QED) is 0.573. The van der Waals surface area contributed by atoms with Crippen LogP contribution in [-0.2, 0) is 0 Å². The molecule has 0 aliphatic heterocycles. The lowest BCUT2D eigenvalue weighted by atomic mass is 10.1. The van der Waals surface area contributed by atoms with Crippen molar-refractivity contribution < 1.29 is 4.39 Å². The molecule has 1 nitrogen and oxygen atoms in total. The van der Waals surface area contributed by atoms with E-state index in [2.05, 4.69) is 6.92 Å². The van der Waals surface area contributed by atoms with E-state index < -0.39 is 6.17 Å². The lowest BCUT2D eigenvalue weighted by Gasteiger charge is -2.02.